The number of carboxylic acids is 2. The van der Waals surface area contributed by atoms with Gasteiger partial charge in [0.15, 0.2) is 6.61 Å². The number of halogens is 1. The fourth-order valence-electron chi connectivity index (χ4n) is 3.71. The molecule has 0 amide bonds. The number of nitrogens with zero attached hydrogens (tertiary/aromatic N) is 2. The second-order valence-corrected chi connectivity index (χ2v) is 7.45. The molecule has 2 N–H and O–H groups in total. The van der Waals surface area contributed by atoms with Gasteiger partial charge in [0.1, 0.15) is 5.75 Å². The van der Waals surface area contributed by atoms with E-state index in [1.165, 1.54) is 0 Å². The van der Waals surface area contributed by atoms with Crippen LogP contribution in [0.3, 0.4) is 0 Å². The minimum Gasteiger partial charge on any atom is -0.482 e. The molecule has 0 spiro atoms. The van der Waals surface area contributed by atoms with Crippen molar-refractivity contribution in [1.82, 2.24) is 9.80 Å². The maximum absolute atomic E-state index is 11.1. The predicted molar refractivity (Wildman–Crippen MR) is 97.2 cm³/mol. The number of fused-ring (bicyclic) bond motifs is 3. The molecule has 27 heavy (non-hydrogen) atoms. The highest BCUT2D eigenvalue weighted by Gasteiger charge is 2.34. The average Bonchev–Trinajstić information content (AvgIpc) is 2.83. The fourth-order valence-corrected chi connectivity index (χ4v) is 3.91. The molecule has 8 nitrogen and oxygen atoms in total. The molecular weight excluding hydrogens is 376 g/mol. The summed E-state index contributed by atoms with van der Waals surface area (Å²) in [6, 6.07) is 5.17. The largest absolute Gasteiger partial charge is 0.482 e. The van der Waals surface area contributed by atoms with Crippen LogP contribution in [0.2, 0.25) is 5.02 Å². The van der Waals surface area contributed by atoms with Gasteiger partial charge in [0.05, 0.1) is 19.8 Å². The third-order valence-corrected chi connectivity index (χ3v) is 5.00. The highest BCUT2D eigenvalue weighted by atomic mass is 35.5. The number of aliphatic carboxylic acids is 2. The summed E-state index contributed by atoms with van der Waals surface area (Å²) in [5.74, 6) is -1.18. The lowest BCUT2D eigenvalue weighted by atomic mass is 10.1. The van der Waals surface area contributed by atoms with Crippen molar-refractivity contribution in [2.24, 2.45) is 5.92 Å². The smallest absolute Gasteiger partial charge is 0.341 e. The molecule has 3 rings (SSSR count). The molecule has 2 aliphatic rings. The maximum atomic E-state index is 11.1. The van der Waals surface area contributed by atoms with Crippen LogP contribution < -0.4 is 4.74 Å². The van der Waals surface area contributed by atoms with Gasteiger partial charge in [0.2, 0.25) is 0 Å². The summed E-state index contributed by atoms with van der Waals surface area (Å²) in [6.07, 6.45) is 0. The molecule has 1 aromatic carbocycles. The van der Waals surface area contributed by atoms with E-state index in [4.69, 9.17) is 31.3 Å². The van der Waals surface area contributed by atoms with Gasteiger partial charge >= 0.3 is 11.9 Å². The number of ether oxygens (including phenoxy) is 2. The first-order chi connectivity index (χ1) is 12.9. The SMILES string of the molecule is O=C(O)COc1ccc(Cl)cc1CN1C[C@H]2COC[C@@H]1CN(CC(=O)O)C2. The van der Waals surface area contributed by atoms with Crippen LogP contribution in [0.5, 0.6) is 5.75 Å². The van der Waals surface area contributed by atoms with Gasteiger partial charge in [-0.15, -0.1) is 0 Å². The Labute approximate surface area is 162 Å². The lowest BCUT2D eigenvalue weighted by molar-refractivity contribution is -0.140. The van der Waals surface area contributed by atoms with E-state index in [-0.39, 0.29) is 18.5 Å². The molecule has 2 fully saturated rings. The molecule has 0 saturated carbocycles. The summed E-state index contributed by atoms with van der Waals surface area (Å²) in [7, 11) is 0. The fraction of sp³-hybridized carbons (Fsp3) is 0.556. The van der Waals surface area contributed by atoms with E-state index in [0.717, 1.165) is 12.1 Å². The third-order valence-electron chi connectivity index (χ3n) is 4.76. The molecule has 2 saturated heterocycles. The molecule has 0 aliphatic carbocycles. The lowest BCUT2D eigenvalue weighted by Gasteiger charge is -2.31. The van der Waals surface area contributed by atoms with Crippen LogP contribution in [-0.4, -0.2) is 84.0 Å². The summed E-state index contributed by atoms with van der Waals surface area (Å²) in [4.78, 5) is 26.2. The van der Waals surface area contributed by atoms with Crippen LogP contribution in [0, 0.1) is 5.92 Å². The number of hydrogen-bond donors (Lipinski definition) is 2. The van der Waals surface area contributed by atoms with Crippen LogP contribution >= 0.6 is 11.6 Å². The van der Waals surface area contributed by atoms with Crippen LogP contribution in [0.4, 0.5) is 0 Å². The number of carbonyl (C=O) groups is 2. The zero-order valence-electron chi connectivity index (χ0n) is 14.8. The third kappa shape index (κ3) is 5.55. The van der Waals surface area contributed by atoms with Crippen molar-refractivity contribution in [2.75, 3.05) is 46.0 Å². The Morgan fingerprint density at radius 3 is 2.74 bits per heavy atom. The van der Waals surface area contributed by atoms with Gasteiger partial charge in [-0.05, 0) is 18.2 Å². The van der Waals surface area contributed by atoms with Gasteiger partial charge in [0, 0.05) is 48.7 Å². The molecular formula is C18H23ClN2O6. The van der Waals surface area contributed by atoms with Gasteiger partial charge < -0.3 is 19.7 Å². The van der Waals surface area contributed by atoms with Crippen molar-refractivity contribution in [1.29, 1.82) is 0 Å². The predicted octanol–water partition coefficient (Wildman–Crippen LogP) is 1.02. The second-order valence-electron chi connectivity index (χ2n) is 7.01. The highest BCUT2D eigenvalue weighted by molar-refractivity contribution is 6.30. The molecule has 2 aliphatic heterocycles. The van der Waals surface area contributed by atoms with E-state index >= 15 is 0 Å². The number of carboxylic acid groups (broad SMARTS) is 2. The van der Waals surface area contributed by atoms with E-state index in [9.17, 15) is 9.59 Å². The lowest BCUT2D eigenvalue weighted by Crippen LogP contribution is -2.44. The van der Waals surface area contributed by atoms with E-state index in [2.05, 4.69) is 4.90 Å². The van der Waals surface area contributed by atoms with Crippen molar-refractivity contribution < 1.29 is 29.3 Å². The summed E-state index contributed by atoms with van der Waals surface area (Å²) in [6.45, 7) is 3.30. The summed E-state index contributed by atoms with van der Waals surface area (Å²) in [5.41, 5.74) is 0.807. The Kier molecular flexibility index (Phi) is 6.54. The van der Waals surface area contributed by atoms with Crippen molar-refractivity contribution in [3.05, 3.63) is 28.8 Å². The Morgan fingerprint density at radius 2 is 2.00 bits per heavy atom. The summed E-state index contributed by atoms with van der Waals surface area (Å²) >= 11 is 6.13. The van der Waals surface area contributed by atoms with E-state index in [0.29, 0.717) is 43.6 Å². The molecule has 2 bridgehead atoms. The monoisotopic (exact) mass is 398 g/mol. The molecule has 1 aromatic rings. The first-order valence-electron chi connectivity index (χ1n) is 8.79. The van der Waals surface area contributed by atoms with Gasteiger partial charge in [-0.3, -0.25) is 14.6 Å². The molecule has 2 heterocycles. The maximum Gasteiger partial charge on any atom is 0.341 e. The van der Waals surface area contributed by atoms with Gasteiger partial charge in [0.25, 0.3) is 0 Å². The van der Waals surface area contributed by atoms with Crippen LogP contribution in [-0.2, 0) is 20.9 Å². The standard InChI is InChI=1S/C18H23ClN2O6/c19-14-1-2-16(27-11-18(24)25)13(3-14)6-21-5-12-4-20(8-17(22)23)7-15(21)10-26-9-12/h1-3,12,15H,4-11H2,(H,22,23)(H,24,25)/t12-,15-/m0/s1. The van der Waals surface area contributed by atoms with Crippen LogP contribution in [0.1, 0.15) is 5.56 Å². The van der Waals surface area contributed by atoms with E-state index < -0.39 is 18.5 Å². The van der Waals surface area contributed by atoms with Crippen molar-refractivity contribution >= 4 is 23.5 Å². The molecule has 148 valence electrons. The van der Waals surface area contributed by atoms with Crippen molar-refractivity contribution in [3.63, 3.8) is 0 Å². The minimum absolute atomic E-state index is 0.0188. The van der Waals surface area contributed by atoms with Crippen LogP contribution in [0.15, 0.2) is 18.2 Å². The second kappa shape index (κ2) is 8.88. The topological polar surface area (TPSA) is 99.5 Å². The van der Waals surface area contributed by atoms with Gasteiger partial charge in [-0.25, -0.2) is 4.79 Å². The Balaban J connectivity index is 1.77. The Bertz CT molecular complexity index is 700. The normalized spacial score (nSPS) is 23.6. The molecule has 0 radical (unpaired) electrons. The number of rotatable bonds is 7. The first-order valence-corrected chi connectivity index (χ1v) is 9.17. The quantitative estimate of drug-likeness (QED) is 0.702. The summed E-state index contributed by atoms with van der Waals surface area (Å²) in [5, 5.41) is 18.5. The number of benzene rings is 1. The first kappa shape index (κ1) is 19.9. The van der Waals surface area contributed by atoms with Crippen molar-refractivity contribution in [3.8, 4) is 5.75 Å². The number of hydrogen-bond acceptors (Lipinski definition) is 6. The Hall–Kier alpha value is -1.87. The average molecular weight is 399 g/mol. The van der Waals surface area contributed by atoms with Gasteiger partial charge in [-0.2, -0.15) is 0 Å². The zero-order valence-corrected chi connectivity index (χ0v) is 15.6. The van der Waals surface area contributed by atoms with Crippen molar-refractivity contribution in [2.45, 2.75) is 12.6 Å². The molecule has 2 atom stereocenters. The van der Waals surface area contributed by atoms with Gasteiger partial charge in [-0.1, -0.05) is 11.6 Å². The molecule has 9 heteroatoms. The Morgan fingerprint density at radius 1 is 1.19 bits per heavy atom. The van der Waals surface area contributed by atoms with E-state index in [1.807, 2.05) is 4.90 Å². The minimum atomic E-state index is -1.04. The van der Waals surface area contributed by atoms with Crippen LogP contribution in [0.25, 0.3) is 0 Å². The summed E-state index contributed by atoms with van der Waals surface area (Å²) < 4.78 is 11.2. The van der Waals surface area contributed by atoms with E-state index in [1.54, 1.807) is 18.2 Å². The molecule has 0 aromatic heterocycles. The zero-order chi connectivity index (χ0) is 19.4. The highest BCUT2D eigenvalue weighted by Crippen LogP contribution is 2.28. The molecule has 0 unspecified atom stereocenters.